The summed E-state index contributed by atoms with van der Waals surface area (Å²) in [6, 6.07) is 16.2. The minimum absolute atomic E-state index is 0.0559. The fourth-order valence-electron chi connectivity index (χ4n) is 2.90. The Hall–Kier alpha value is -3.65. The van der Waals surface area contributed by atoms with Gasteiger partial charge in [0.05, 0.1) is 24.3 Å². The Labute approximate surface area is 188 Å². The van der Waals surface area contributed by atoms with Gasteiger partial charge >= 0.3 is 6.09 Å². The van der Waals surface area contributed by atoms with Crippen LogP contribution in [0.5, 0.6) is 5.75 Å². The lowest BCUT2D eigenvalue weighted by Gasteiger charge is -2.23. The Kier molecular flexibility index (Phi) is 7.62. The molecule has 7 nitrogen and oxygen atoms in total. The number of ether oxygens (including phenoxy) is 2. The largest absolute Gasteiger partial charge is 0.497 e. The fourth-order valence-corrected chi connectivity index (χ4v) is 4.27. The molecular weight excluding hydrogens is 428 g/mol. The maximum absolute atomic E-state index is 13.5. The van der Waals surface area contributed by atoms with Crippen molar-refractivity contribution in [2.24, 2.45) is 0 Å². The minimum atomic E-state index is -4.25. The SMILES string of the molecule is CCCOC(=O)N(c1ccccc1C=Cc1ccncc1)S(=O)(=O)c1ccc(OC)cc1. The number of hydrogen-bond donors (Lipinski definition) is 0. The van der Waals surface area contributed by atoms with Crippen LogP contribution < -0.4 is 9.04 Å². The van der Waals surface area contributed by atoms with E-state index in [1.54, 1.807) is 42.7 Å². The topological polar surface area (TPSA) is 85.8 Å². The van der Waals surface area contributed by atoms with Gasteiger partial charge in [0.25, 0.3) is 10.0 Å². The van der Waals surface area contributed by atoms with Crippen molar-refractivity contribution in [3.8, 4) is 5.75 Å². The molecule has 0 aliphatic heterocycles. The zero-order valence-electron chi connectivity index (χ0n) is 17.8. The molecule has 1 heterocycles. The predicted octanol–water partition coefficient (Wildman–Crippen LogP) is 5.00. The van der Waals surface area contributed by atoms with Gasteiger partial charge in [0.1, 0.15) is 5.75 Å². The molecule has 8 heteroatoms. The number of carbonyl (C=O) groups excluding carboxylic acids is 1. The molecule has 0 spiro atoms. The van der Waals surface area contributed by atoms with E-state index in [0.717, 1.165) is 5.56 Å². The first kappa shape index (κ1) is 23.0. The molecule has 0 saturated heterocycles. The number of nitrogens with zero attached hydrogens (tertiary/aromatic N) is 2. The van der Waals surface area contributed by atoms with Crippen LogP contribution in [0.25, 0.3) is 12.2 Å². The summed E-state index contributed by atoms with van der Waals surface area (Å²) in [7, 11) is -2.77. The van der Waals surface area contributed by atoms with Gasteiger partial charge in [-0.25, -0.2) is 13.2 Å². The normalized spacial score (nSPS) is 11.3. The van der Waals surface area contributed by atoms with Crippen LogP contribution in [0.3, 0.4) is 0 Å². The summed E-state index contributed by atoms with van der Waals surface area (Å²) in [5, 5.41) is 0. The van der Waals surface area contributed by atoms with Crippen molar-refractivity contribution in [2.45, 2.75) is 18.2 Å². The van der Waals surface area contributed by atoms with Gasteiger partial charge < -0.3 is 9.47 Å². The van der Waals surface area contributed by atoms with E-state index in [2.05, 4.69) is 4.98 Å². The summed E-state index contributed by atoms with van der Waals surface area (Å²) >= 11 is 0. The van der Waals surface area contributed by atoms with Crippen LogP contribution in [0.2, 0.25) is 0 Å². The highest BCUT2D eigenvalue weighted by Gasteiger charge is 2.33. The van der Waals surface area contributed by atoms with Gasteiger partial charge in [-0.3, -0.25) is 4.98 Å². The molecule has 0 N–H and O–H groups in total. The fraction of sp³-hybridized carbons (Fsp3) is 0.167. The monoisotopic (exact) mass is 452 g/mol. The van der Waals surface area contributed by atoms with Crippen molar-refractivity contribution in [2.75, 3.05) is 18.0 Å². The van der Waals surface area contributed by atoms with Gasteiger partial charge in [0, 0.05) is 12.4 Å². The van der Waals surface area contributed by atoms with Crippen LogP contribution >= 0.6 is 0 Å². The lowest BCUT2D eigenvalue weighted by atomic mass is 10.1. The van der Waals surface area contributed by atoms with Crippen molar-refractivity contribution >= 4 is 34.0 Å². The lowest BCUT2D eigenvalue weighted by Crippen LogP contribution is -2.38. The Bertz CT molecular complexity index is 1180. The maximum atomic E-state index is 13.5. The van der Waals surface area contributed by atoms with Crippen molar-refractivity contribution in [3.05, 3.63) is 84.2 Å². The number of carbonyl (C=O) groups is 1. The molecule has 3 rings (SSSR count). The second-order valence-electron chi connectivity index (χ2n) is 6.73. The Morgan fingerprint density at radius 1 is 1.00 bits per heavy atom. The number of para-hydroxylation sites is 1. The van der Waals surface area contributed by atoms with Gasteiger partial charge in [0.15, 0.2) is 0 Å². The molecule has 0 bridgehead atoms. The van der Waals surface area contributed by atoms with E-state index >= 15 is 0 Å². The van der Waals surface area contributed by atoms with E-state index in [-0.39, 0.29) is 17.2 Å². The molecule has 0 atom stereocenters. The predicted molar refractivity (Wildman–Crippen MR) is 124 cm³/mol. The molecule has 3 aromatic rings. The first-order chi connectivity index (χ1) is 15.5. The highest BCUT2D eigenvalue weighted by molar-refractivity contribution is 7.93. The number of sulfonamides is 1. The highest BCUT2D eigenvalue weighted by Crippen LogP contribution is 2.30. The summed E-state index contributed by atoms with van der Waals surface area (Å²) in [6.07, 6.45) is 6.48. The van der Waals surface area contributed by atoms with Gasteiger partial charge in [-0.2, -0.15) is 4.31 Å². The first-order valence-electron chi connectivity index (χ1n) is 10.0. The van der Waals surface area contributed by atoms with E-state index in [9.17, 15) is 13.2 Å². The molecular formula is C24H24N2O5S. The van der Waals surface area contributed by atoms with Crippen LogP contribution in [-0.4, -0.2) is 33.2 Å². The van der Waals surface area contributed by atoms with Crippen LogP contribution in [-0.2, 0) is 14.8 Å². The number of methoxy groups -OCH3 is 1. The molecule has 0 aliphatic rings. The molecule has 2 aromatic carbocycles. The third-order valence-electron chi connectivity index (χ3n) is 4.51. The number of aromatic nitrogens is 1. The Morgan fingerprint density at radius 2 is 1.69 bits per heavy atom. The standard InChI is InChI=1S/C24H24N2O5S/c1-3-18-31-24(27)26(32(28,29)22-12-10-21(30-2)11-13-22)23-7-5-4-6-20(23)9-8-19-14-16-25-17-15-19/h4-17H,3,18H2,1-2H3. The third-order valence-corrected chi connectivity index (χ3v) is 6.20. The molecule has 1 amide bonds. The van der Waals surface area contributed by atoms with Crippen LogP contribution in [0.1, 0.15) is 24.5 Å². The minimum Gasteiger partial charge on any atom is -0.497 e. The maximum Gasteiger partial charge on any atom is 0.428 e. The summed E-state index contributed by atoms with van der Waals surface area (Å²) in [5.74, 6) is 0.504. The first-order valence-corrected chi connectivity index (χ1v) is 11.4. The van der Waals surface area contributed by atoms with Crippen LogP contribution in [0, 0.1) is 0 Å². The van der Waals surface area contributed by atoms with E-state index in [1.807, 2.05) is 25.1 Å². The van der Waals surface area contributed by atoms with Gasteiger partial charge in [0.2, 0.25) is 0 Å². The molecule has 0 fully saturated rings. The van der Waals surface area contributed by atoms with Crippen molar-refractivity contribution < 1.29 is 22.7 Å². The molecule has 0 unspecified atom stereocenters. The second kappa shape index (κ2) is 10.6. The Morgan fingerprint density at radius 3 is 2.34 bits per heavy atom. The summed E-state index contributed by atoms with van der Waals surface area (Å²) in [4.78, 5) is 16.9. The summed E-state index contributed by atoms with van der Waals surface area (Å²) < 4.78 is 38.1. The van der Waals surface area contributed by atoms with E-state index in [4.69, 9.17) is 9.47 Å². The molecule has 0 aliphatic carbocycles. The highest BCUT2D eigenvalue weighted by atomic mass is 32.2. The second-order valence-corrected chi connectivity index (χ2v) is 8.52. The van der Waals surface area contributed by atoms with Gasteiger partial charge in [-0.1, -0.05) is 37.3 Å². The lowest BCUT2D eigenvalue weighted by molar-refractivity contribution is 0.158. The zero-order valence-corrected chi connectivity index (χ0v) is 18.7. The smallest absolute Gasteiger partial charge is 0.428 e. The van der Waals surface area contributed by atoms with E-state index in [0.29, 0.717) is 22.0 Å². The zero-order chi connectivity index (χ0) is 23.0. The number of hydrogen-bond acceptors (Lipinski definition) is 6. The van der Waals surface area contributed by atoms with Gasteiger partial charge in [-0.05, 0) is 60.0 Å². The molecule has 0 radical (unpaired) electrons. The number of rotatable bonds is 8. The average Bonchev–Trinajstić information content (AvgIpc) is 2.82. The molecule has 0 saturated carbocycles. The average molecular weight is 453 g/mol. The van der Waals surface area contributed by atoms with Gasteiger partial charge in [-0.15, -0.1) is 0 Å². The van der Waals surface area contributed by atoms with Crippen molar-refractivity contribution in [1.82, 2.24) is 4.98 Å². The molecule has 166 valence electrons. The number of pyridine rings is 1. The Balaban J connectivity index is 2.08. The number of benzene rings is 2. The van der Waals surface area contributed by atoms with Crippen molar-refractivity contribution in [3.63, 3.8) is 0 Å². The van der Waals surface area contributed by atoms with Crippen LogP contribution in [0.4, 0.5) is 10.5 Å². The summed E-state index contributed by atoms with van der Waals surface area (Å²) in [5.41, 5.74) is 1.61. The van der Waals surface area contributed by atoms with E-state index in [1.165, 1.54) is 31.4 Å². The molecule has 1 aromatic heterocycles. The summed E-state index contributed by atoms with van der Waals surface area (Å²) in [6.45, 7) is 1.93. The number of anilines is 1. The quantitative estimate of drug-likeness (QED) is 0.478. The van der Waals surface area contributed by atoms with E-state index < -0.39 is 16.1 Å². The number of amides is 1. The molecule has 32 heavy (non-hydrogen) atoms. The third kappa shape index (κ3) is 5.33. The van der Waals surface area contributed by atoms with Crippen LogP contribution in [0.15, 0.2) is 78.0 Å². The van der Waals surface area contributed by atoms with Crippen molar-refractivity contribution in [1.29, 1.82) is 0 Å².